The van der Waals surface area contributed by atoms with Crippen LogP contribution in [0.1, 0.15) is 0 Å². The predicted octanol–water partition coefficient (Wildman–Crippen LogP) is 0.368. The van der Waals surface area contributed by atoms with Crippen molar-refractivity contribution in [1.82, 2.24) is 4.90 Å². The van der Waals surface area contributed by atoms with E-state index >= 15 is 0 Å². The van der Waals surface area contributed by atoms with E-state index in [1.165, 1.54) is 0 Å². The van der Waals surface area contributed by atoms with Gasteiger partial charge in [-0.2, -0.15) is 0 Å². The summed E-state index contributed by atoms with van der Waals surface area (Å²) in [5.41, 5.74) is 0. The van der Waals surface area contributed by atoms with Crippen molar-refractivity contribution in [2.75, 3.05) is 42.3 Å². The highest BCUT2D eigenvalue weighted by atomic mass is 16.5. The molecule has 0 aliphatic heterocycles. The summed E-state index contributed by atoms with van der Waals surface area (Å²) >= 11 is 0. The fourth-order valence-electron chi connectivity index (χ4n) is 0. The molecular formula is C6H18N2O. The molecule has 0 aliphatic carbocycles. The molecule has 0 aliphatic rings. The normalized spacial score (nSPS) is 10.7. The Morgan fingerprint density at radius 2 is 1.00 bits per heavy atom. The van der Waals surface area contributed by atoms with Gasteiger partial charge in [-0.05, 0) is 21.1 Å². The topological polar surface area (TPSA) is 26.3 Å². The van der Waals surface area contributed by atoms with Crippen LogP contribution in [0.5, 0.6) is 0 Å². The summed E-state index contributed by atoms with van der Waals surface area (Å²) in [6, 6.07) is 0. The molecule has 0 saturated heterocycles. The number of hydrogen-bond acceptors (Lipinski definition) is 2. The first kappa shape index (κ1) is 11.6. The van der Waals surface area contributed by atoms with Gasteiger partial charge in [-0.3, -0.25) is 0 Å². The lowest BCUT2D eigenvalue weighted by atomic mass is 11.0. The van der Waals surface area contributed by atoms with Crippen LogP contribution in [-0.4, -0.2) is 51.8 Å². The average molecular weight is 134 g/mol. The molecule has 0 N–H and O–H groups in total. The van der Waals surface area contributed by atoms with Crippen molar-refractivity contribution in [3.8, 4) is 0 Å². The van der Waals surface area contributed by atoms with Crippen molar-refractivity contribution in [2.24, 2.45) is 0 Å². The lowest BCUT2D eigenvalue weighted by Gasteiger charge is -2.27. The average Bonchev–Trinajstić information content (AvgIpc) is 1.19. The van der Waals surface area contributed by atoms with Crippen LogP contribution in [0.25, 0.3) is 0 Å². The quantitative estimate of drug-likeness (QED) is 0.353. The monoisotopic (exact) mass is 134 g/mol. The highest BCUT2D eigenvalue weighted by Crippen LogP contribution is 1.77. The van der Waals surface area contributed by atoms with Crippen molar-refractivity contribution >= 4 is 0 Å². The molecule has 3 nitrogen and oxygen atoms in total. The molecule has 0 aromatic carbocycles. The Kier molecular flexibility index (Phi) is 6.12. The predicted molar refractivity (Wildman–Crippen MR) is 41.0 cm³/mol. The second-order valence-corrected chi connectivity index (χ2v) is 3.23. The maximum absolute atomic E-state index is 10.0. The van der Waals surface area contributed by atoms with Gasteiger partial charge in [0.2, 0.25) is 0 Å². The summed E-state index contributed by atoms with van der Waals surface area (Å²) < 4.78 is -0.250. The molecule has 0 aromatic heterocycles. The zero-order chi connectivity index (χ0) is 8.08. The first-order chi connectivity index (χ1) is 3.73. The Morgan fingerprint density at radius 3 is 1.00 bits per heavy atom. The molecule has 58 valence electrons. The number of rotatable bonds is 0. The molecule has 0 spiro atoms. The summed E-state index contributed by atoms with van der Waals surface area (Å²) in [4.78, 5) is 2.00. The second kappa shape index (κ2) is 4.73. The Bertz CT molecular complexity index is 47.8. The van der Waals surface area contributed by atoms with Crippen molar-refractivity contribution in [3.63, 3.8) is 0 Å². The van der Waals surface area contributed by atoms with Gasteiger partial charge in [-0.1, -0.05) is 0 Å². The van der Waals surface area contributed by atoms with E-state index in [1.807, 2.05) is 26.0 Å². The third-order valence-corrected chi connectivity index (χ3v) is 0. The third kappa shape index (κ3) is 18900. The molecule has 0 aromatic rings. The highest BCUT2D eigenvalue weighted by molar-refractivity contribution is 4.09. The summed E-state index contributed by atoms with van der Waals surface area (Å²) in [5, 5.41) is 10.0. The van der Waals surface area contributed by atoms with E-state index < -0.39 is 0 Å². The van der Waals surface area contributed by atoms with Crippen LogP contribution in [-0.2, 0) is 0 Å². The summed E-state index contributed by atoms with van der Waals surface area (Å²) in [6.07, 6.45) is 0. The lowest BCUT2D eigenvalue weighted by molar-refractivity contribution is -0.818. The lowest BCUT2D eigenvalue weighted by Crippen LogP contribution is -2.25. The van der Waals surface area contributed by atoms with Crippen LogP contribution >= 0.6 is 0 Å². The van der Waals surface area contributed by atoms with E-state index in [0.717, 1.165) is 0 Å². The van der Waals surface area contributed by atoms with E-state index in [9.17, 15) is 5.21 Å². The summed E-state index contributed by atoms with van der Waals surface area (Å²) in [5.74, 6) is 0. The van der Waals surface area contributed by atoms with Crippen LogP contribution in [0.15, 0.2) is 0 Å². The molecule has 0 fully saturated rings. The van der Waals surface area contributed by atoms with Crippen molar-refractivity contribution in [1.29, 1.82) is 0 Å². The van der Waals surface area contributed by atoms with E-state index in [2.05, 4.69) is 0 Å². The standard InChI is InChI=1S/C3H9NO.C3H9N/c1-4(2,3)5;1-4(2)3/h1-3H3;1-3H3. The minimum Gasteiger partial charge on any atom is -0.633 e. The van der Waals surface area contributed by atoms with Gasteiger partial charge >= 0.3 is 0 Å². The van der Waals surface area contributed by atoms with Gasteiger partial charge in [0.05, 0.1) is 21.1 Å². The molecule has 0 amide bonds. The van der Waals surface area contributed by atoms with Crippen LogP contribution < -0.4 is 0 Å². The van der Waals surface area contributed by atoms with Gasteiger partial charge in [0.15, 0.2) is 0 Å². The molecule has 3 heteroatoms. The van der Waals surface area contributed by atoms with Crippen molar-refractivity contribution in [2.45, 2.75) is 0 Å². The van der Waals surface area contributed by atoms with E-state index in [-0.39, 0.29) is 4.65 Å². The summed E-state index contributed by atoms with van der Waals surface area (Å²) in [6.45, 7) is 0. The Hall–Kier alpha value is -0.120. The molecule has 0 unspecified atom stereocenters. The summed E-state index contributed by atoms with van der Waals surface area (Å²) in [7, 11) is 10.7. The Labute approximate surface area is 58.0 Å². The Morgan fingerprint density at radius 1 is 1.00 bits per heavy atom. The third-order valence-electron chi connectivity index (χ3n) is 0. The fourth-order valence-corrected chi connectivity index (χ4v) is 0. The zero-order valence-electron chi connectivity index (χ0n) is 7.30. The smallest absolute Gasteiger partial charge is 0.0674 e. The Balaban J connectivity index is 0. The van der Waals surface area contributed by atoms with Crippen molar-refractivity contribution < 1.29 is 4.65 Å². The van der Waals surface area contributed by atoms with Gasteiger partial charge in [-0.15, -0.1) is 0 Å². The minimum absolute atomic E-state index is 0.250. The first-order valence-electron chi connectivity index (χ1n) is 2.87. The number of hydrogen-bond donors (Lipinski definition) is 0. The zero-order valence-corrected chi connectivity index (χ0v) is 7.30. The number of nitrogens with zero attached hydrogens (tertiary/aromatic N) is 2. The van der Waals surface area contributed by atoms with E-state index in [0.29, 0.717) is 0 Å². The largest absolute Gasteiger partial charge is 0.633 e. The SMILES string of the molecule is CN(C)C.C[N+](C)(C)[O-]. The molecule has 0 heterocycles. The van der Waals surface area contributed by atoms with Gasteiger partial charge < -0.3 is 14.8 Å². The molecule has 0 rings (SSSR count). The maximum Gasteiger partial charge on any atom is 0.0674 e. The van der Waals surface area contributed by atoms with Gasteiger partial charge in [0.1, 0.15) is 0 Å². The van der Waals surface area contributed by atoms with Crippen LogP contribution in [0.2, 0.25) is 0 Å². The highest BCUT2D eigenvalue weighted by Gasteiger charge is 1.79. The first-order valence-corrected chi connectivity index (χ1v) is 2.87. The molecular weight excluding hydrogens is 116 g/mol. The number of hydroxylamine groups is 3. The molecule has 0 atom stereocenters. The van der Waals surface area contributed by atoms with Crippen LogP contribution in [0, 0.1) is 5.21 Å². The molecule has 0 radical (unpaired) electrons. The van der Waals surface area contributed by atoms with Gasteiger partial charge in [0.25, 0.3) is 0 Å². The second-order valence-electron chi connectivity index (χ2n) is 3.23. The number of quaternary nitrogens is 1. The minimum atomic E-state index is -0.250. The van der Waals surface area contributed by atoms with Gasteiger partial charge in [-0.25, -0.2) is 0 Å². The maximum atomic E-state index is 10.0. The molecule has 9 heavy (non-hydrogen) atoms. The van der Waals surface area contributed by atoms with Crippen molar-refractivity contribution in [3.05, 3.63) is 5.21 Å². The van der Waals surface area contributed by atoms with E-state index in [4.69, 9.17) is 0 Å². The molecule has 0 bridgehead atoms. The molecule has 0 saturated carbocycles. The fraction of sp³-hybridized carbons (Fsp3) is 1.00. The van der Waals surface area contributed by atoms with E-state index in [1.54, 1.807) is 21.1 Å². The van der Waals surface area contributed by atoms with Crippen LogP contribution in [0.3, 0.4) is 0 Å². The van der Waals surface area contributed by atoms with Crippen LogP contribution in [0.4, 0.5) is 0 Å². The van der Waals surface area contributed by atoms with Gasteiger partial charge in [0, 0.05) is 0 Å².